The van der Waals surface area contributed by atoms with Gasteiger partial charge in [0.15, 0.2) is 17.3 Å². The second-order valence-electron chi connectivity index (χ2n) is 4.61. The molecular weight excluding hydrogens is 274 g/mol. The molecule has 0 amide bonds. The molecule has 2 aromatic rings. The van der Waals surface area contributed by atoms with Gasteiger partial charge in [0.1, 0.15) is 5.01 Å². The van der Waals surface area contributed by atoms with E-state index in [2.05, 4.69) is 4.98 Å². The Balaban J connectivity index is 2.12. The first kappa shape index (κ1) is 13.1. The largest absolute Gasteiger partial charge is 0.493 e. The summed E-state index contributed by atoms with van der Waals surface area (Å²) in [6.45, 7) is 0. The number of thiazole rings is 1. The number of hydrogen-bond donors (Lipinski definition) is 0. The van der Waals surface area contributed by atoms with Gasteiger partial charge in [-0.1, -0.05) is 6.07 Å². The van der Waals surface area contributed by atoms with E-state index in [0.29, 0.717) is 17.9 Å². The highest BCUT2D eigenvalue weighted by molar-refractivity contribution is 7.17. The van der Waals surface area contributed by atoms with Crippen LogP contribution >= 0.6 is 11.3 Å². The Morgan fingerprint density at radius 2 is 2.05 bits per heavy atom. The van der Waals surface area contributed by atoms with Crippen molar-refractivity contribution in [2.45, 2.75) is 19.3 Å². The monoisotopic (exact) mass is 289 g/mol. The Morgan fingerprint density at radius 3 is 2.75 bits per heavy atom. The Kier molecular flexibility index (Phi) is 3.44. The fourth-order valence-corrected chi connectivity index (χ4v) is 3.54. The van der Waals surface area contributed by atoms with Crippen LogP contribution in [0.3, 0.4) is 0 Å². The van der Waals surface area contributed by atoms with Crippen LogP contribution < -0.4 is 9.47 Å². The zero-order valence-corrected chi connectivity index (χ0v) is 12.3. The lowest BCUT2D eigenvalue weighted by atomic mass is 10.0. The number of rotatable bonds is 3. The normalized spacial score (nSPS) is 14.0. The van der Waals surface area contributed by atoms with Crippen LogP contribution in [-0.2, 0) is 6.42 Å². The summed E-state index contributed by atoms with van der Waals surface area (Å²) in [7, 11) is 3.22. The Bertz CT molecular complexity index is 663. The van der Waals surface area contributed by atoms with E-state index in [0.717, 1.165) is 34.0 Å². The van der Waals surface area contributed by atoms with Gasteiger partial charge in [-0.05, 0) is 25.0 Å². The molecule has 0 saturated carbocycles. The number of benzene rings is 1. The number of aromatic nitrogens is 1. The minimum Gasteiger partial charge on any atom is -0.493 e. The molecule has 20 heavy (non-hydrogen) atoms. The van der Waals surface area contributed by atoms with E-state index < -0.39 is 0 Å². The van der Waals surface area contributed by atoms with Crippen LogP contribution in [0.4, 0.5) is 0 Å². The summed E-state index contributed by atoms with van der Waals surface area (Å²) in [5.74, 6) is 1.54. The number of fused-ring (bicyclic) bond motifs is 1. The van der Waals surface area contributed by atoms with Crippen molar-refractivity contribution in [3.8, 4) is 22.1 Å². The average molecular weight is 289 g/mol. The number of para-hydroxylation sites is 1. The summed E-state index contributed by atoms with van der Waals surface area (Å²) in [6, 6.07) is 5.69. The highest BCUT2D eigenvalue weighted by Crippen LogP contribution is 2.41. The Labute approximate surface area is 121 Å². The second kappa shape index (κ2) is 5.25. The van der Waals surface area contributed by atoms with Gasteiger partial charge in [0, 0.05) is 6.42 Å². The van der Waals surface area contributed by atoms with E-state index in [-0.39, 0.29) is 5.78 Å². The molecular formula is C15H15NO3S. The molecule has 0 spiro atoms. The molecule has 0 bridgehead atoms. The predicted molar refractivity (Wildman–Crippen MR) is 77.9 cm³/mol. The van der Waals surface area contributed by atoms with Crippen molar-refractivity contribution < 1.29 is 14.3 Å². The highest BCUT2D eigenvalue weighted by Gasteiger charge is 2.24. The third-order valence-corrected chi connectivity index (χ3v) is 4.57. The van der Waals surface area contributed by atoms with Crippen LogP contribution in [0, 0.1) is 0 Å². The molecule has 1 heterocycles. The number of Topliss-reactive ketones (excluding diaryl/α,β-unsaturated/α-hetero) is 1. The molecule has 0 unspecified atom stereocenters. The number of carbonyl (C=O) groups is 1. The summed E-state index contributed by atoms with van der Waals surface area (Å²) in [4.78, 5) is 17.3. The minimum absolute atomic E-state index is 0.205. The van der Waals surface area contributed by atoms with Crippen molar-refractivity contribution >= 4 is 17.1 Å². The van der Waals surface area contributed by atoms with Gasteiger partial charge in [-0.25, -0.2) is 4.98 Å². The Morgan fingerprint density at radius 1 is 1.20 bits per heavy atom. The van der Waals surface area contributed by atoms with Gasteiger partial charge in [-0.15, -0.1) is 11.3 Å². The lowest BCUT2D eigenvalue weighted by Crippen LogP contribution is -2.07. The van der Waals surface area contributed by atoms with E-state index in [9.17, 15) is 4.79 Å². The maximum atomic E-state index is 11.9. The highest BCUT2D eigenvalue weighted by atomic mass is 32.1. The van der Waals surface area contributed by atoms with Gasteiger partial charge >= 0.3 is 0 Å². The molecule has 0 aliphatic heterocycles. The first-order valence-electron chi connectivity index (χ1n) is 6.49. The second-order valence-corrected chi connectivity index (χ2v) is 5.61. The van der Waals surface area contributed by atoms with Gasteiger partial charge in [-0.3, -0.25) is 4.79 Å². The number of methoxy groups -OCH3 is 2. The summed E-state index contributed by atoms with van der Waals surface area (Å²) in [6.07, 6.45) is 2.40. The van der Waals surface area contributed by atoms with E-state index in [4.69, 9.17) is 9.47 Å². The van der Waals surface area contributed by atoms with Crippen molar-refractivity contribution in [1.82, 2.24) is 4.98 Å². The fraction of sp³-hybridized carbons (Fsp3) is 0.333. The van der Waals surface area contributed by atoms with Gasteiger partial charge in [-0.2, -0.15) is 0 Å². The predicted octanol–water partition coefficient (Wildman–Crippen LogP) is 3.35. The fourth-order valence-electron chi connectivity index (χ4n) is 2.44. The lowest BCUT2D eigenvalue weighted by Gasteiger charge is -2.10. The molecule has 1 aliphatic carbocycles. The van der Waals surface area contributed by atoms with E-state index >= 15 is 0 Å². The van der Waals surface area contributed by atoms with Crippen molar-refractivity contribution in [2.24, 2.45) is 0 Å². The van der Waals surface area contributed by atoms with Crippen LogP contribution in [0.5, 0.6) is 11.5 Å². The SMILES string of the molecule is COc1cccc(-c2nc3c(s2)C(=O)CCC3)c1OC. The summed E-state index contributed by atoms with van der Waals surface area (Å²) in [5, 5.41) is 0.820. The van der Waals surface area contributed by atoms with Gasteiger partial charge in [0.25, 0.3) is 0 Å². The number of nitrogens with zero attached hydrogens (tertiary/aromatic N) is 1. The van der Waals surface area contributed by atoms with Crippen LogP contribution in [0.1, 0.15) is 28.2 Å². The topological polar surface area (TPSA) is 48.4 Å². The van der Waals surface area contributed by atoms with Crippen LogP contribution in [0.25, 0.3) is 10.6 Å². The molecule has 0 N–H and O–H groups in total. The standard InChI is InChI=1S/C15H15NO3S/c1-18-12-8-3-5-9(13(12)19-2)15-16-10-6-4-7-11(17)14(10)20-15/h3,5,8H,4,6-7H2,1-2H3. The van der Waals surface area contributed by atoms with Gasteiger partial charge in [0.2, 0.25) is 0 Å². The van der Waals surface area contributed by atoms with Gasteiger partial charge < -0.3 is 9.47 Å². The van der Waals surface area contributed by atoms with Crippen molar-refractivity contribution in [2.75, 3.05) is 14.2 Å². The smallest absolute Gasteiger partial charge is 0.174 e. The zero-order chi connectivity index (χ0) is 14.1. The van der Waals surface area contributed by atoms with Crippen molar-refractivity contribution in [3.05, 3.63) is 28.8 Å². The third-order valence-electron chi connectivity index (χ3n) is 3.40. The van der Waals surface area contributed by atoms with E-state index in [1.165, 1.54) is 11.3 Å². The number of hydrogen-bond acceptors (Lipinski definition) is 5. The number of aryl methyl sites for hydroxylation is 1. The first-order chi connectivity index (χ1) is 9.74. The van der Waals surface area contributed by atoms with Crippen LogP contribution in [0.15, 0.2) is 18.2 Å². The molecule has 0 saturated heterocycles. The molecule has 3 rings (SSSR count). The maximum absolute atomic E-state index is 11.9. The summed E-state index contributed by atoms with van der Waals surface area (Å²) >= 11 is 1.45. The third kappa shape index (κ3) is 2.08. The number of ketones is 1. The molecule has 0 fully saturated rings. The molecule has 104 valence electrons. The van der Waals surface area contributed by atoms with Crippen molar-refractivity contribution in [3.63, 3.8) is 0 Å². The van der Waals surface area contributed by atoms with E-state index in [1.54, 1.807) is 14.2 Å². The van der Waals surface area contributed by atoms with Gasteiger partial charge in [0.05, 0.1) is 30.4 Å². The molecule has 1 aromatic carbocycles. The number of carbonyl (C=O) groups excluding carboxylic acids is 1. The average Bonchev–Trinajstić information content (AvgIpc) is 2.91. The molecule has 0 radical (unpaired) electrons. The number of ether oxygens (including phenoxy) is 2. The van der Waals surface area contributed by atoms with Crippen LogP contribution in [-0.4, -0.2) is 25.0 Å². The van der Waals surface area contributed by atoms with Crippen LogP contribution in [0.2, 0.25) is 0 Å². The summed E-state index contributed by atoms with van der Waals surface area (Å²) in [5.41, 5.74) is 1.80. The minimum atomic E-state index is 0.205. The molecule has 4 nitrogen and oxygen atoms in total. The van der Waals surface area contributed by atoms with E-state index in [1.807, 2.05) is 18.2 Å². The molecule has 0 atom stereocenters. The van der Waals surface area contributed by atoms with Crippen molar-refractivity contribution in [1.29, 1.82) is 0 Å². The molecule has 1 aliphatic rings. The molecule has 5 heteroatoms. The summed E-state index contributed by atoms with van der Waals surface area (Å²) < 4.78 is 10.7. The maximum Gasteiger partial charge on any atom is 0.174 e. The lowest BCUT2D eigenvalue weighted by molar-refractivity contribution is 0.0976. The quantitative estimate of drug-likeness (QED) is 0.869. The first-order valence-corrected chi connectivity index (χ1v) is 7.30. The molecule has 1 aromatic heterocycles. The Hall–Kier alpha value is -1.88. The zero-order valence-electron chi connectivity index (χ0n) is 11.4.